The molecule has 1 aromatic carbocycles. The van der Waals surface area contributed by atoms with Crippen molar-refractivity contribution >= 4 is 32.8 Å². The standard InChI is InChI=1S/C17H12OS2/c1-4-16(18-6-1)15-11-12(10-14-3-2-7-19-14)9-13-5-8-20-17(13)15/h1-9,11H,10H2. The second kappa shape index (κ2) is 4.93. The third-order valence-corrected chi connectivity index (χ3v) is 5.20. The van der Waals surface area contributed by atoms with Crippen LogP contribution < -0.4 is 0 Å². The van der Waals surface area contributed by atoms with Crippen LogP contribution in [-0.4, -0.2) is 0 Å². The summed E-state index contributed by atoms with van der Waals surface area (Å²) >= 11 is 3.58. The Morgan fingerprint density at radius 1 is 0.950 bits per heavy atom. The molecule has 98 valence electrons. The highest BCUT2D eigenvalue weighted by molar-refractivity contribution is 7.17. The molecule has 0 aliphatic heterocycles. The van der Waals surface area contributed by atoms with Gasteiger partial charge >= 0.3 is 0 Å². The quantitative estimate of drug-likeness (QED) is 0.464. The van der Waals surface area contributed by atoms with E-state index in [0.717, 1.165) is 12.2 Å². The average molecular weight is 296 g/mol. The van der Waals surface area contributed by atoms with E-state index in [4.69, 9.17) is 4.42 Å². The molecule has 3 aromatic heterocycles. The Labute approximate surface area is 125 Å². The van der Waals surface area contributed by atoms with E-state index in [1.807, 2.05) is 23.5 Å². The Bertz CT molecular complexity index is 823. The molecule has 0 bridgehead atoms. The number of hydrogen-bond acceptors (Lipinski definition) is 3. The summed E-state index contributed by atoms with van der Waals surface area (Å²) in [5.41, 5.74) is 2.54. The monoisotopic (exact) mass is 296 g/mol. The Morgan fingerprint density at radius 2 is 1.95 bits per heavy atom. The highest BCUT2D eigenvalue weighted by atomic mass is 32.1. The summed E-state index contributed by atoms with van der Waals surface area (Å²) in [6, 6.07) is 15.0. The molecule has 0 fully saturated rings. The summed E-state index contributed by atoms with van der Waals surface area (Å²) in [6.45, 7) is 0. The van der Waals surface area contributed by atoms with Gasteiger partial charge in [-0.1, -0.05) is 6.07 Å². The van der Waals surface area contributed by atoms with Crippen molar-refractivity contribution < 1.29 is 4.42 Å². The molecule has 0 N–H and O–H groups in total. The molecular formula is C17H12OS2. The van der Waals surface area contributed by atoms with Gasteiger partial charge in [0.25, 0.3) is 0 Å². The number of hydrogen-bond donors (Lipinski definition) is 0. The van der Waals surface area contributed by atoms with Crippen molar-refractivity contribution in [1.82, 2.24) is 0 Å². The maximum absolute atomic E-state index is 5.60. The molecular weight excluding hydrogens is 284 g/mol. The fourth-order valence-electron chi connectivity index (χ4n) is 2.48. The van der Waals surface area contributed by atoms with E-state index in [0.29, 0.717) is 0 Å². The van der Waals surface area contributed by atoms with Gasteiger partial charge in [0.05, 0.1) is 6.26 Å². The van der Waals surface area contributed by atoms with Gasteiger partial charge in [-0.3, -0.25) is 0 Å². The lowest BCUT2D eigenvalue weighted by Crippen LogP contribution is -1.86. The number of benzene rings is 1. The van der Waals surface area contributed by atoms with Gasteiger partial charge in [-0.2, -0.15) is 0 Å². The molecule has 0 radical (unpaired) electrons. The summed E-state index contributed by atoms with van der Waals surface area (Å²) in [4.78, 5) is 1.39. The van der Waals surface area contributed by atoms with Crippen molar-refractivity contribution in [2.45, 2.75) is 6.42 Å². The summed E-state index contributed by atoms with van der Waals surface area (Å²) in [5.74, 6) is 0.950. The van der Waals surface area contributed by atoms with Gasteiger partial charge in [0, 0.05) is 21.6 Å². The molecule has 0 amide bonds. The minimum Gasteiger partial charge on any atom is -0.464 e. The van der Waals surface area contributed by atoms with Gasteiger partial charge in [0.15, 0.2) is 0 Å². The Morgan fingerprint density at radius 3 is 2.75 bits per heavy atom. The minimum absolute atomic E-state index is 0.950. The zero-order valence-electron chi connectivity index (χ0n) is 10.7. The van der Waals surface area contributed by atoms with Crippen molar-refractivity contribution in [1.29, 1.82) is 0 Å². The second-order valence-corrected chi connectivity index (χ2v) is 6.66. The molecule has 20 heavy (non-hydrogen) atoms. The first-order valence-electron chi connectivity index (χ1n) is 6.46. The highest BCUT2D eigenvalue weighted by Gasteiger charge is 2.10. The molecule has 0 saturated heterocycles. The molecule has 0 unspecified atom stereocenters. The maximum Gasteiger partial charge on any atom is 0.135 e. The smallest absolute Gasteiger partial charge is 0.135 e. The zero-order valence-corrected chi connectivity index (χ0v) is 12.3. The summed E-state index contributed by atoms with van der Waals surface area (Å²) in [5, 5.41) is 5.58. The molecule has 0 aliphatic carbocycles. The van der Waals surface area contributed by atoms with Crippen LogP contribution in [0, 0.1) is 0 Å². The van der Waals surface area contributed by atoms with Crippen LogP contribution in [0.25, 0.3) is 21.4 Å². The number of thiophene rings is 2. The predicted molar refractivity (Wildman–Crippen MR) is 86.7 cm³/mol. The summed E-state index contributed by atoms with van der Waals surface area (Å²) in [6.07, 6.45) is 2.72. The molecule has 4 rings (SSSR count). The van der Waals surface area contributed by atoms with E-state index >= 15 is 0 Å². The average Bonchev–Trinajstić information content (AvgIpc) is 3.20. The van der Waals surface area contributed by atoms with Crippen LogP contribution in [0.5, 0.6) is 0 Å². The van der Waals surface area contributed by atoms with Crippen LogP contribution in [-0.2, 0) is 6.42 Å². The maximum atomic E-state index is 5.60. The number of furan rings is 1. The number of fused-ring (bicyclic) bond motifs is 1. The molecule has 0 saturated carbocycles. The van der Waals surface area contributed by atoms with Crippen molar-refractivity contribution in [3.63, 3.8) is 0 Å². The van der Waals surface area contributed by atoms with E-state index in [1.165, 1.54) is 26.1 Å². The van der Waals surface area contributed by atoms with E-state index in [1.54, 1.807) is 17.6 Å². The topological polar surface area (TPSA) is 13.1 Å². The van der Waals surface area contributed by atoms with Crippen LogP contribution >= 0.6 is 22.7 Å². The molecule has 3 heterocycles. The van der Waals surface area contributed by atoms with Crippen molar-refractivity contribution in [3.05, 3.63) is 69.9 Å². The predicted octanol–water partition coefficient (Wildman–Crippen LogP) is 5.81. The lowest BCUT2D eigenvalue weighted by atomic mass is 10.0. The van der Waals surface area contributed by atoms with Gasteiger partial charge in [0.1, 0.15) is 5.76 Å². The highest BCUT2D eigenvalue weighted by Crippen LogP contribution is 2.35. The molecule has 0 atom stereocenters. The normalized spacial score (nSPS) is 11.2. The summed E-state index contributed by atoms with van der Waals surface area (Å²) in [7, 11) is 0. The van der Waals surface area contributed by atoms with Gasteiger partial charge in [-0.25, -0.2) is 0 Å². The van der Waals surface area contributed by atoms with E-state index in [2.05, 4.69) is 41.1 Å². The molecule has 1 nitrogen and oxygen atoms in total. The van der Waals surface area contributed by atoms with Crippen LogP contribution in [0.15, 0.2) is 63.9 Å². The fourth-order valence-corrected chi connectivity index (χ4v) is 4.11. The van der Waals surface area contributed by atoms with Gasteiger partial charge in [-0.05, 0) is 58.1 Å². The Balaban J connectivity index is 1.86. The first kappa shape index (κ1) is 11.9. The molecule has 0 spiro atoms. The van der Waals surface area contributed by atoms with Gasteiger partial charge in [0.2, 0.25) is 0 Å². The summed E-state index contributed by atoms with van der Waals surface area (Å²) < 4.78 is 6.90. The Hall–Kier alpha value is -1.84. The van der Waals surface area contributed by atoms with E-state index in [-0.39, 0.29) is 0 Å². The fraction of sp³-hybridized carbons (Fsp3) is 0.0588. The zero-order chi connectivity index (χ0) is 13.4. The lowest BCUT2D eigenvalue weighted by Gasteiger charge is -2.05. The largest absolute Gasteiger partial charge is 0.464 e. The minimum atomic E-state index is 0.950. The molecule has 3 heteroatoms. The van der Waals surface area contributed by atoms with Crippen LogP contribution in [0.3, 0.4) is 0 Å². The third-order valence-electron chi connectivity index (χ3n) is 3.36. The van der Waals surface area contributed by atoms with Crippen LogP contribution in [0.2, 0.25) is 0 Å². The van der Waals surface area contributed by atoms with Crippen molar-refractivity contribution in [2.75, 3.05) is 0 Å². The molecule has 4 aromatic rings. The lowest BCUT2D eigenvalue weighted by molar-refractivity contribution is 0.583. The Kier molecular flexibility index (Phi) is 2.94. The van der Waals surface area contributed by atoms with E-state index < -0.39 is 0 Å². The van der Waals surface area contributed by atoms with E-state index in [9.17, 15) is 0 Å². The SMILES string of the molecule is c1coc(-c2cc(Cc3cccs3)cc3ccsc23)c1. The van der Waals surface area contributed by atoms with Crippen molar-refractivity contribution in [3.8, 4) is 11.3 Å². The second-order valence-electron chi connectivity index (χ2n) is 4.72. The first-order valence-corrected chi connectivity index (χ1v) is 8.22. The van der Waals surface area contributed by atoms with Crippen molar-refractivity contribution in [2.24, 2.45) is 0 Å². The molecule has 0 aliphatic rings. The van der Waals surface area contributed by atoms with Gasteiger partial charge in [-0.15, -0.1) is 22.7 Å². The number of rotatable bonds is 3. The van der Waals surface area contributed by atoms with Crippen LogP contribution in [0.4, 0.5) is 0 Å². The van der Waals surface area contributed by atoms with Crippen LogP contribution in [0.1, 0.15) is 10.4 Å². The first-order chi connectivity index (χ1) is 9.90. The third kappa shape index (κ3) is 2.09. The van der Waals surface area contributed by atoms with Gasteiger partial charge < -0.3 is 4.42 Å².